The SMILES string of the molecule is CC(C)(C)c1ccc2nc(-c3cn([C@H]4C[C@H](O)[C@@H](CO)O4)c(=O)[nH]c3=O)[nH]c2c1. The van der Waals surface area contributed by atoms with Crippen molar-refractivity contribution in [2.45, 2.75) is 51.0 Å². The predicted molar refractivity (Wildman–Crippen MR) is 107 cm³/mol. The minimum Gasteiger partial charge on any atom is -0.394 e. The molecule has 1 aliphatic rings. The first-order valence-electron chi connectivity index (χ1n) is 9.48. The Kier molecular flexibility index (Phi) is 4.68. The van der Waals surface area contributed by atoms with E-state index in [2.05, 4.69) is 35.7 Å². The molecule has 0 radical (unpaired) electrons. The molecule has 0 amide bonds. The number of H-pyrrole nitrogens is 2. The molecule has 1 aliphatic heterocycles. The number of hydrogen-bond donors (Lipinski definition) is 4. The van der Waals surface area contributed by atoms with Crippen LogP contribution in [0.3, 0.4) is 0 Å². The van der Waals surface area contributed by atoms with Crippen LogP contribution in [0, 0.1) is 0 Å². The number of ether oxygens (including phenoxy) is 1. The minimum absolute atomic E-state index is 0.0337. The van der Waals surface area contributed by atoms with Crippen molar-refractivity contribution in [2.24, 2.45) is 0 Å². The molecule has 29 heavy (non-hydrogen) atoms. The first-order valence-corrected chi connectivity index (χ1v) is 9.48. The van der Waals surface area contributed by atoms with Gasteiger partial charge in [0.1, 0.15) is 18.2 Å². The van der Waals surface area contributed by atoms with E-state index < -0.39 is 29.7 Å². The summed E-state index contributed by atoms with van der Waals surface area (Å²) in [6.45, 7) is 5.98. The van der Waals surface area contributed by atoms with E-state index in [4.69, 9.17) is 4.74 Å². The second-order valence-corrected chi connectivity index (χ2v) is 8.39. The number of aliphatic hydroxyl groups excluding tert-OH is 2. The van der Waals surface area contributed by atoms with Crippen LogP contribution in [0.4, 0.5) is 0 Å². The zero-order valence-corrected chi connectivity index (χ0v) is 16.5. The third kappa shape index (κ3) is 3.52. The fraction of sp³-hybridized carbons (Fsp3) is 0.450. The van der Waals surface area contributed by atoms with Crippen molar-refractivity contribution in [3.63, 3.8) is 0 Å². The second kappa shape index (κ2) is 6.94. The maximum Gasteiger partial charge on any atom is 0.330 e. The lowest BCUT2D eigenvalue weighted by molar-refractivity contribution is -0.0458. The number of imidazole rings is 1. The van der Waals surface area contributed by atoms with E-state index in [-0.39, 0.29) is 24.0 Å². The van der Waals surface area contributed by atoms with Crippen molar-refractivity contribution in [1.82, 2.24) is 19.5 Å². The summed E-state index contributed by atoms with van der Waals surface area (Å²) in [6, 6.07) is 5.89. The molecule has 9 heteroatoms. The fourth-order valence-corrected chi connectivity index (χ4v) is 3.52. The Hall–Kier alpha value is -2.75. The second-order valence-electron chi connectivity index (χ2n) is 8.39. The molecule has 154 valence electrons. The van der Waals surface area contributed by atoms with Gasteiger partial charge in [0.15, 0.2) is 0 Å². The number of aromatic amines is 2. The summed E-state index contributed by atoms with van der Waals surface area (Å²) >= 11 is 0. The Balaban J connectivity index is 1.77. The highest BCUT2D eigenvalue weighted by atomic mass is 16.5. The van der Waals surface area contributed by atoms with Crippen LogP contribution >= 0.6 is 0 Å². The standard InChI is InChI=1S/C20H24N4O5/c1-20(2,3)10-4-5-12-13(6-10)22-17(21-12)11-8-24(19(28)23-18(11)27)16-7-14(26)15(9-25)29-16/h4-6,8,14-16,25-26H,7,9H2,1-3H3,(H,21,22)(H,23,27,28)/t14-,15+,16+/m0/s1. The van der Waals surface area contributed by atoms with Crippen molar-refractivity contribution in [3.05, 3.63) is 50.8 Å². The third-order valence-electron chi connectivity index (χ3n) is 5.27. The van der Waals surface area contributed by atoms with E-state index in [9.17, 15) is 19.8 Å². The van der Waals surface area contributed by atoms with Gasteiger partial charge in [0.2, 0.25) is 0 Å². The number of aliphatic hydroxyl groups is 2. The highest BCUT2D eigenvalue weighted by Crippen LogP contribution is 2.29. The lowest BCUT2D eigenvalue weighted by atomic mass is 9.87. The Morgan fingerprint density at radius 3 is 2.69 bits per heavy atom. The van der Waals surface area contributed by atoms with Crippen molar-refractivity contribution in [1.29, 1.82) is 0 Å². The maximum atomic E-state index is 12.4. The topological polar surface area (TPSA) is 133 Å². The van der Waals surface area contributed by atoms with E-state index in [1.54, 1.807) is 0 Å². The van der Waals surface area contributed by atoms with Crippen LogP contribution in [0.1, 0.15) is 39.0 Å². The smallest absolute Gasteiger partial charge is 0.330 e. The van der Waals surface area contributed by atoms with Crippen LogP contribution in [0.25, 0.3) is 22.4 Å². The Labute approximate surface area is 166 Å². The van der Waals surface area contributed by atoms with Crippen molar-refractivity contribution < 1.29 is 14.9 Å². The summed E-state index contributed by atoms with van der Waals surface area (Å²) in [5, 5.41) is 19.2. The Morgan fingerprint density at radius 2 is 2.03 bits per heavy atom. The molecule has 3 atom stereocenters. The summed E-state index contributed by atoms with van der Waals surface area (Å²) in [5.74, 6) is 0.332. The van der Waals surface area contributed by atoms with Gasteiger partial charge in [0.25, 0.3) is 5.56 Å². The molecule has 1 aromatic carbocycles. The van der Waals surface area contributed by atoms with Gasteiger partial charge in [0.05, 0.1) is 29.3 Å². The zero-order valence-electron chi connectivity index (χ0n) is 16.5. The van der Waals surface area contributed by atoms with Gasteiger partial charge in [-0.2, -0.15) is 0 Å². The van der Waals surface area contributed by atoms with Crippen molar-refractivity contribution >= 4 is 11.0 Å². The van der Waals surface area contributed by atoms with E-state index in [1.807, 2.05) is 18.2 Å². The zero-order chi connectivity index (χ0) is 20.9. The molecule has 1 fully saturated rings. The minimum atomic E-state index is -0.894. The molecule has 0 saturated carbocycles. The summed E-state index contributed by atoms with van der Waals surface area (Å²) in [4.78, 5) is 34.7. The Bertz CT molecular complexity index is 1170. The lowest BCUT2D eigenvalue weighted by Gasteiger charge is -2.18. The molecule has 0 bridgehead atoms. The monoisotopic (exact) mass is 400 g/mol. The lowest BCUT2D eigenvalue weighted by Crippen LogP contribution is -2.33. The summed E-state index contributed by atoms with van der Waals surface area (Å²) in [7, 11) is 0. The molecule has 2 aromatic heterocycles. The number of benzene rings is 1. The molecule has 9 nitrogen and oxygen atoms in total. The van der Waals surface area contributed by atoms with E-state index >= 15 is 0 Å². The average Bonchev–Trinajstić information content (AvgIpc) is 3.23. The highest BCUT2D eigenvalue weighted by Gasteiger charge is 2.35. The molecule has 4 rings (SSSR count). The molecule has 4 N–H and O–H groups in total. The number of rotatable bonds is 3. The third-order valence-corrected chi connectivity index (χ3v) is 5.27. The van der Waals surface area contributed by atoms with Crippen molar-refractivity contribution in [3.8, 4) is 11.4 Å². The largest absolute Gasteiger partial charge is 0.394 e. The number of fused-ring (bicyclic) bond motifs is 1. The van der Waals surface area contributed by atoms with Crippen LogP contribution in [-0.4, -0.2) is 48.5 Å². The molecule has 1 saturated heterocycles. The number of aromatic nitrogens is 4. The van der Waals surface area contributed by atoms with Gasteiger partial charge in [-0.3, -0.25) is 14.3 Å². The van der Waals surface area contributed by atoms with E-state index in [1.165, 1.54) is 10.8 Å². The summed E-state index contributed by atoms with van der Waals surface area (Å²) in [6.07, 6.45) is -0.951. The summed E-state index contributed by atoms with van der Waals surface area (Å²) in [5.41, 5.74) is 1.55. The Morgan fingerprint density at radius 1 is 1.28 bits per heavy atom. The van der Waals surface area contributed by atoms with Crippen LogP contribution in [-0.2, 0) is 10.2 Å². The number of nitrogens with one attached hydrogen (secondary N) is 2. The van der Waals surface area contributed by atoms with Gasteiger partial charge < -0.3 is 19.9 Å². The quantitative estimate of drug-likeness (QED) is 0.519. The van der Waals surface area contributed by atoms with Gasteiger partial charge in [-0.1, -0.05) is 26.8 Å². The highest BCUT2D eigenvalue weighted by molar-refractivity contribution is 5.80. The molecular weight excluding hydrogens is 376 g/mol. The predicted octanol–water partition coefficient (Wildman–Crippen LogP) is 1.02. The fourth-order valence-electron chi connectivity index (χ4n) is 3.52. The molecule has 3 heterocycles. The van der Waals surface area contributed by atoms with Gasteiger partial charge in [-0.05, 0) is 23.1 Å². The molecule has 0 spiro atoms. The van der Waals surface area contributed by atoms with E-state index in [0.717, 1.165) is 11.1 Å². The van der Waals surface area contributed by atoms with Crippen LogP contribution < -0.4 is 11.2 Å². The molecule has 0 aliphatic carbocycles. The van der Waals surface area contributed by atoms with Gasteiger partial charge in [0, 0.05) is 12.6 Å². The van der Waals surface area contributed by atoms with Crippen LogP contribution in [0.2, 0.25) is 0 Å². The van der Waals surface area contributed by atoms with E-state index in [0.29, 0.717) is 11.3 Å². The first-order chi connectivity index (χ1) is 13.7. The normalized spacial score (nSPS) is 22.4. The van der Waals surface area contributed by atoms with Gasteiger partial charge >= 0.3 is 5.69 Å². The molecule has 0 unspecified atom stereocenters. The maximum absolute atomic E-state index is 12.4. The van der Waals surface area contributed by atoms with Gasteiger partial charge in [-0.25, -0.2) is 9.78 Å². The molecular formula is C20H24N4O5. The first kappa shape index (κ1) is 19.6. The van der Waals surface area contributed by atoms with Crippen molar-refractivity contribution in [2.75, 3.05) is 6.61 Å². The van der Waals surface area contributed by atoms with Gasteiger partial charge in [-0.15, -0.1) is 0 Å². The summed E-state index contributed by atoms with van der Waals surface area (Å²) < 4.78 is 6.75. The number of hydrogen-bond acceptors (Lipinski definition) is 6. The number of nitrogens with zero attached hydrogens (tertiary/aromatic N) is 2. The van der Waals surface area contributed by atoms with Crippen LogP contribution in [0.15, 0.2) is 34.0 Å². The average molecular weight is 400 g/mol. The van der Waals surface area contributed by atoms with Crippen LogP contribution in [0.5, 0.6) is 0 Å². The molecule has 3 aromatic rings.